The third-order valence-electron chi connectivity index (χ3n) is 4.29. The van der Waals surface area contributed by atoms with E-state index in [9.17, 15) is 13.2 Å². The number of rotatable bonds is 10. The van der Waals surface area contributed by atoms with Crippen LogP contribution in [-0.2, 0) is 14.8 Å². The van der Waals surface area contributed by atoms with Gasteiger partial charge in [0.2, 0.25) is 10.0 Å². The number of carbonyl (C=O) groups is 1. The Hall–Kier alpha value is -1.44. The molecule has 2 rings (SSSR count). The van der Waals surface area contributed by atoms with E-state index >= 15 is 0 Å². The van der Waals surface area contributed by atoms with Gasteiger partial charge in [-0.25, -0.2) is 13.1 Å². The molecule has 0 heterocycles. The molecule has 7 heteroatoms. The summed E-state index contributed by atoms with van der Waals surface area (Å²) in [5, 5.41) is 2.80. The number of hydrogen-bond acceptors (Lipinski definition) is 4. The van der Waals surface area contributed by atoms with Crippen LogP contribution in [-0.4, -0.2) is 40.1 Å². The predicted octanol–water partition coefficient (Wildman–Crippen LogP) is 2.70. The SMILES string of the molecule is CC(C)COCCCNC(=O)c1cccc(S(=O)(=O)NC2CCCC2)c1. The fourth-order valence-electron chi connectivity index (χ4n) is 2.93. The molecule has 0 atom stereocenters. The lowest BCUT2D eigenvalue weighted by Crippen LogP contribution is -2.33. The Bertz CT molecular complexity index is 683. The molecule has 0 spiro atoms. The Balaban J connectivity index is 1.86. The van der Waals surface area contributed by atoms with Gasteiger partial charge in [0, 0.05) is 31.4 Å². The van der Waals surface area contributed by atoms with Crippen molar-refractivity contribution in [3.8, 4) is 0 Å². The van der Waals surface area contributed by atoms with Gasteiger partial charge in [0.15, 0.2) is 0 Å². The molecule has 1 fully saturated rings. The van der Waals surface area contributed by atoms with Crippen LogP contribution >= 0.6 is 0 Å². The van der Waals surface area contributed by atoms with Crippen molar-refractivity contribution in [1.29, 1.82) is 0 Å². The lowest BCUT2D eigenvalue weighted by atomic mass is 10.2. The van der Waals surface area contributed by atoms with Crippen molar-refractivity contribution in [2.75, 3.05) is 19.8 Å². The van der Waals surface area contributed by atoms with Crippen molar-refractivity contribution in [1.82, 2.24) is 10.0 Å². The highest BCUT2D eigenvalue weighted by atomic mass is 32.2. The summed E-state index contributed by atoms with van der Waals surface area (Å²) in [7, 11) is -3.59. The Labute approximate surface area is 156 Å². The van der Waals surface area contributed by atoms with E-state index in [1.807, 2.05) is 0 Å². The maximum Gasteiger partial charge on any atom is 0.251 e. The number of amides is 1. The second kappa shape index (κ2) is 10.0. The number of hydrogen-bond donors (Lipinski definition) is 2. The summed E-state index contributed by atoms with van der Waals surface area (Å²) in [5.41, 5.74) is 0.349. The van der Waals surface area contributed by atoms with Gasteiger partial charge in [-0.05, 0) is 43.4 Å². The molecule has 1 aromatic rings. The van der Waals surface area contributed by atoms with Crippen molar-refractivity contribution in [2.24, 2.45) is 5.92 Å². The van der Waals surface area contributed by atoms with Crippen LogP contribution in [0.1, 0.15) is 56.3 Å². The molecule has 0 radical (unpaired) electrons. The van der Waals surface area contributed by atoms with Crippen LogP contribution in [0, 0.1) is 5.92 Å². The first-order valence-corrected chi connectivity index (χ1v) is 10.8. The fraction of sp³-hybridized carbons (Fsp3) is 0.632. The minimum absolute atomic E-state index is 0.00308. The molecule has 6 nitrogen and oxygen atoms in total. The van der Waals surface area contributed by atoms with Gasteiger partial charge in [-0.2, -0.15) is 0 Å². The van der Waals surface area contributed by atoms with E-state index in [-0.39, 0.29) is 16.8 Å². The van der Waals surface area contributed by atoms with E-state index in [1.54, 1.807) is 12.1 Å². The summed E-state index contributed by atoms with van der Waals surface area (Å²) < 4.78 is 33.2. The third kappa shape index (κ3) is 6.70. The zero-order chi connectivity index (χ0) is 19.0. The highest BCUT2D eigenvalue weighted by Gasteiger charge is 2.23. The number of carbonyl (C=O) groups excluding carboxylic acids is 1. The molecule has 1 saturated carbocycles. The number of benzene rings is 1. The van der Waals surface area contributed by atoms with Gasteiger partial charge < -0.3 is 10.1 Å². The maximum absolute atomic E-state index is 12.5. The van der Waals surface area contributed by atoms with E-state index in [1.165, 1.54) is 12.1 Å². The smallest absolute Gasteiger partial charge is 0.251 e. The van der Waals surface area contributed by atoms with E-state index < -0.39 is 10.0 Å². The first-order valence-electron chi connectivity index (χ1n) is 9.37. The second-order valence-electron chi connectivity index (χ2n) is 7.21. The lowest BCUT2D eigenvalue weighted by Gasteiger charge is -2.13. The van der Waals surface area contributed by atoms with Crippen LogP contribution in [0.25, 0.3) is 0 Å². The zero-order valence-corrected chi connectivity index (χ0v) is 16.5. The summed E-state index contributed by atoms with van der Waals surface area (Å²) in [6.07, 6.45) is 4.57. The lowest BCUT2D eigenvalue weighted by molar-refractivity contribution is 0.0925. The van der Waals surface area contributed by atoms with Gasteiger partial charge in [-0.1, -0.05) is 32.8 Å². The topological polar surface area (TPSA) is 84.5 Å². The molecule has 26 heavy (non-hydrogen) atoms. The van der Waals surface area contributed by atoms with Crippen molar-refractivity contribution < 1.29 is 17.9 Å². The Morgan fingerprint density at radius 2 is 2.00 bits per heavy atom. The summed E-state index contributed by atoms with van der Waals surface area (Å²) >= 11 is 0. The van der Waals surface area contributed by atoms with Crippen molar-refractivity contribution in [3.05, 3.63) is 29.8 Å². The van der Waals surface area contributed by atoms with Crippen molar-refractivity contribution >= 4 is 15.9 Å². The monoisotopic (exact) mass is 382 g/mol. The largest absolute Gasteiger partial charge is 0.381 e. The van der Waals surface area contributed by atoms with Gasteiger partial charge in [0.05, 0.1) is 4.90 Å². The molecule has 0 unspecified atom stereocenters. The van der Waals surface area contributed by atoms with Crippen LogP contribution < -0.4 is 10.0 Å². The van der Waals surface area contributed by atoms with Gasteiger partial charge in [0.25, 0.3) is 5.91 Å². The molecule has 146 valence electrons. The minimum Gasteiger partial charge on any atom is -0.381 e. The summed E-state index contributed by atoms with van der Waals surface area (Å²) in [4.78, 5) is 12.4. The molecular weight excluding hydrogens is 352 g/mol. The van der Waals surface area contributed by atoms with Crippen LogP contribution in [0.4, 0.5) is 0 Å². The molecule has 1 aliphatic carbocycles. The maximum atomic E-state index is 12.5. The first-order chi connectivity index (χ1) is 12.4. The van der Waals surface area contributed by atoms with E-state index in [2.05, 4.69) is 23.9 Å². The molecule has 1 amide bonds. The Kier molecular flexibility index (Phi) is 8.06. The Morgan fingerprint density at radius 3 is 2.69 bits per heavy atom. The molecule has 2 N–H and O–H groups in total. The van der Waals surface area contributed by atoms with E-state index in [0.29, 0.717) is 31.2 Å². The Morgan fingerprint density at radius 1 is 1.27 bits per heavy atom. The fourth-order valence-corrected chi connectivity index (χ4v) is 4.28. The van der Waals surface area contributed by atoms with Crippen LogP contribution in [0.5, 0.6) is 0 Å². The molecular formula is C19H30N2O4S. The highest BCUT2D eigenvalue weighted by molar-refractivity contribution is 7.89. The molecule has 1 aromatic carbocycles. The normalized spacial score (nSPS) is 15.5. The van der Waals surface area contributed by atoms with Crippen LogP contribution in [0.2, 0.25) is 0 Å². The first kappa shape index (κ1) is 20.9. The quantitative estimate of drug-likeness (QED) is 0.610. The predicted molar refractivity (Wildman–Crippen MR) is 102 cm³/mol. The average molecular weight is 383 g/mol. The zero-order valence-electron chi connectivity index (χ0n) is 15.7. The van der Waals surface area contributed by atoms with Crippen molar-refractivity contribution in [3.63, 3.8) is 0 Å². The van der Waals surface area contributed by atoms with Crippen molar-refractivity contribution in [2.45, 2.75) is 56.9 Å². The van der Waals surface area contributed by atoms with Gasteiger partial charge in [-0.3, -0.25) is 4.79 Å². The van der Waals surface area contributed by atoms with Gasteiger partial charge >= 0.3 is 0 Å². The van der Waals surface area contributed by atoms with Gasteiger partial charge in [-0.15, -0.1) is 0 Å². The molecule has 0 bridgehead atoms. The average Bonchev–Trinajstić information content (AvgIpc) is 3.10. The molecule has 0 aliphatic heterocycles. The van der Waals surface area contributed by atoms with E-state index in [4.69, 9.17) is 4.74 Å². The van der Waals surface area contributed by atoms with E-state index in [0.717, 1.165) is 32.1 Å². The highest BCUT2D eigenvalue weighted by Crippen LogP contribution is 2.20. The number of sulfonamides is 1. The van der Waals surface area contributed by atoms with Gasteiger partial charge in [0.1, 0.15) is 0 Å². The minimum atomic E-state index is -3.59. The van der Waals surface area contributed by atoms with Crippen LogP contribution in [0.3, 0.4) is 0 Å². The molecule has 0 aromatic heterocycles. The third-order valence-corrected chi connectivity index (χ3v) is 5.80. The summed E-state index contributed by atoms with van der Waals surface area (Å²) in [5.74, 6) is 0.221. The summed E-state index contributed by atoms with van der Waals surface area (Å²) in [6.45, 7) is 5.98. The summed E-state index contributed by atoms with van der Waals surface area (Å²) in [6, 6.07) is 6.18. The second-order valence-corrected chi connectivity index (χ2v) is 8.92. The standard InChI is InChI=1S/C19H30N2O4S/c1-15(2)14-25-12-6-11-20-19(22)16-7-5-10-18(13-16)26(23,24)21-17-8-3-4-9-17/h5,7,10,13,15,17,21H,3-4,6,8-9,11-12,14H2,1-2H3,(H,20,22). The molecule has 0 saturated heterocycles. The number of nitrogens with one attached hydrogen (secondary N) is 2. The molecule has 1 aliphatic rings. The number of ether oxygens (including phenoxy) is 1. The van der Waals surface area contributed by atoms with Crippen LogP contribution in [0.15, 0.2) is 29.2 Å².